The third kappa shape index (κ3) is 2.67. The lowest BCUT2D eigenvalue weighted by Crippen LogP contribution is -2.16. The van der Waals surface area contributed by atoms with Crippen LogP contribution in [0.2, 0.25) is 0 Å². The minimum Gasteiger partial charge on any atom is -0.361 e. The smallest absolute Gasteiger partial charge is 0.105 e. The van der Waals surface area contributed by atoms with Crippen LogP contribution in [0.25, 0.3) is 0 Å². The highest BCUT2D eigenvalue weighted by Gasteiger charge is 1.99. The average Bonchev–Trinajstić information content (AvgIpc) is 2.18. The first-order valence-corrected chi connectivity index (χ1v) is 5.22. The molecule has 0 unspecified atom stereocenters. The van der Waals surface area contributed by atoms with Crippen molar-refractivity contribution < 1.29 is 0 Å². The van der Waals surface area contributed by atoms with Gasteiger partial charge in [-0.3, -0.25) is 0 Å². The van der Waals surface area contributed by atoms with Gasteiger partial charge in [0.05, 0.1) is 6.07 Å². The van der Waals surface area contributed by atoms with Crippen LogP contribution in [0.15, 0.2) is 29.2 Å². The van der Waals surface area contributed by atoms with Crippen LogP contribution in [0.3, 0.4) is 0 Å². The standard InChI is InChI=1S/C10H12N2S/c1-12(7-6-11)9-4-3-5-10(8-9)13-2/h3-5,8H,7H2,1-2H3. The molecular weight excluding hydrogens is 180 g/mol. The molecule has 0 aliphatic carbocycles. The van der Waals surface area contributed by atoms with E-state index in [9.17, 15) is 0 Å². The van der Waals surface area contributed by atoms with Crippen molar-refractivity contribution in [2.24, 2.45) is 0 Å². The second-order valence-corrected chi connectivity index (χ2v) is 3.60. The highest BCUT2D eigenvalue weighted by atomic mass is 32.2. The average molecular weight is 192 g/mol. The van der Waals surface area contributed by atoms with Crippen molar-refractivity contribution in [3.05, 3.63) is 24.3 Å². The lowest BCUT2D eigenvalue weighted by atomic mass is 10.3. The van der Waals surface area contributed by atoms with E-state index in [-0.39, 0.29) is 0 Å². The van der Waals surface area contributed by atoms with E-state index >= 15 is 0 Å². The topological polar surface area (TPSA) is 27.0 Å². The molecule has 0 spiro atoms. The maximum absolute atomic E-state index is 8.53. The van der Waals surface area contributed by atoms with E-state index in [1.807, 2.05) is 30.3 Å². The lowest BCUT2D eigenvalue weighted by molar-refractivity contribution is 1.03. The van der Waals surface area contributed by atoms with Crippen molar-refractivity contribution in [3.63, 3.8) is 0 Å². The number of thioether (sulfide) groups is 1. The molecule has 2 nitrogen and oxygen atoms in total. The van der Waals surface area contributed by atoms with Crippen LogP contribution in [-0.4, -0.2) is 19.8 Å². The summed E-state index contributed by atoms with van der Waals surface area (Å²) in [6, 6.07) is 10.3. The van der Waals surface area contributed by atoms with Gasteiger partial charge in [0.2, 0.25) is 0 Å². The predicted molar refractivity (Wildman–Crippen MR) is 57.1 cm³/mol. The SMILES string of the molecule is CSc1cccc(N(C)CC#N)c1. The van der Waals surface area contributed by atoms with Gasteiger partial charge >= 0.3 is 0 Å². The Labute approximate surface area is 83.2 Å². The maximum atomic E-state index is 8.53. The van der Waals surface area contributed by atoms with E-state index < -0.39 is 0 Å². The molecular formula is C10H12N2S. The van der Waals surface area contributed by atoms with Crippen molar-refractivity contribution >= 4 is 17.4 Å². The summed E-state index contributed by atoms with van der Waals surface area (Å²) in [4.78, 5) is 3.15. The Kier molecular flexibility index (Phi) is 3.66. The Morgan fingerprint density at radius 3 is 2.92 bits per heavy atom. The highest BCUT2D eigenvalue weighted by Crippen LogP contribution is 2.20. The third-order valence-corrected chi connectivity index (χ3v) is 2.53. The van der Waals surface area contributed by atoms with Gasteiger partial charge in [0.25, 0.3) is 0 Å². The largest absolute Gasteiger partial charge is 0.361 e. The fourth-order valence-electron chi connectivity index (χ4n) is 1.05. The number of hydrogen-bond acceptors (Lipinski definition) is 3. The summed E-state index contributed by atoms with van der Waals surface area (Å²) in [6.45, 7) is 0.428. The Hall–Kier alpha value is -1.14. The number of nitriles is 1. The molecule has 0 radical (unpaired) electrons. The molecule has 0 bridgehead atoms. The predicted octanol–water partition coefficient (Wildman–Crippen LogP) is 2.37. The number of benzene rings is 1. The van der Waals surface area contributed by atoms with Crippen LogP contribution < -0.4 is 4.90 Å². The number of rotatable bonds is 3. The summed E-state index contributed by atoms with van der Waals surface area (Å²) in [6.07, 6.45) is 2.05. The molecule has 13 heavy (non-hydrogen) atoms. The Morgan fingerprint density at radius 1 is 1.54 bits per heavy atom. The molecule has 0 amide bonds. The summed E-state index contributed by atoms with van der Waals surface area (Å²) in [5.41, 5.74) is 1.09. The number of hydrogen-bond donors (Lipinski definition) is 0. The second kappa shape index (κ2) is 4.78. The van der Waals surface area contributed by atoms with Crippen molar-refractivity contribution in [2.75, 3.05) is 24.7 Å². The molecule has 3 heteroatoms. The van der Waals surface area contributed by atoms with E-state index in [1.165, 1.54) is 4.90 Å². The molecule has 68 valence electrons. The zero-order chi connectivity index (χ0) is 9.68. The molecule has 0 aliphatic rings. The first-order valence-electron chi connectivity index (χ1n) is 4.00. The van der Waals surface area contributed by atoms with Crippen LogP contribution in [0, 0.1) is 11.3 Å². The monoisotopic (exact) mass is 192 g/mol. The highest BCUT2D eigenvalue weighted by molar-refractivity contribution is 7.98. The fourth-order valence-corrected chi connectivity index (χ4v) is 1.50. The molecule has 0 aliphatic heterocycles. The quantitative estimate of drug-likeness (QED) is 0.543. The van der Waals surface area contributed by atoms with Gasteiger partial charge in [-0.05, 0) is 24.5 Å². The van der Waals surface area contributed by atoms with Gasteiger partial charge in [-0.15, -0.1) is 11.8 Å². The van der Waals surface area contributed by atoms with Gasteiger partial charge in [-0.1, -0.05) is 6.07 Å². The molecule has 1 aromatic rings. The summed E-state index contributed by atoms with van der Waals surface area (Å²) >= 11 is 1.71. The molecule has 0 fully saturated rings. The molecule has 0 saturated carbocycles. The minimum absolute atomic E-state index is 0.428. The summed E-state index contributed by atoms with van der Waals surface area (Å²) in [7, 11) is 1.92. The van der Waals surface area contributed by atoms with Gasteiger partial charge in [-0.25, -0.2) is 0 Å². The van der Waals surface area contributed by atoms with Crippen LogP contribution >= 0.6 is 11.8 Å². The van der Waals surface area contributed by atoms with E-state index in [0.717, 1.165) is 5.69 Å². The van der Waals surface area contributed by atoms with Gasteiger partial charge in [-0.2, -0.15) is 5.26 Å². The van der Waals surface area contributed by atoms with Crippen LogP contribution in [0.5, 0.6) is 0 Å². The van der Waals surface area contributed by atoms with Gasteiger partial charge in [0, 0.05) is 17.6 Å². The van der Waals surface area contributed by atoms with Gasteiger partial charge in [0.1, 0.15) is 6.54 Å². The lowest BCUT2D eigenvalue weighted by Gasteiger charge is -2.15. The maximum Gasteiger partial charge on any atom is 0.105 e. The van der Waals surface area contributed by atoms with Crippen molar-refractivity contribution in [2.45, 2.75) is 4.90 Å². The fraction of sp³-hybridized carbons (Fsp3) is 0.300. The number of nitrogens with zero attached hydrogens (tertiary/aromatic N) is 2. The summed E-state index contributed by atoms with van der Waals surface area (Å²) in [5, 5.41) is 8.53. The van der Waals surface area contributed by atoms with Crippen molar-refractivity contribution in [1.82, 2.24) is 0 Å². The van der Waals surface area contributed by atoms with E-state index in [4.69, 9.17) is 5.26 Å². The molecule has 1 rings (SSSR count). The zero-order valence-corrected chi connectivity index (χ0v) is 8.64. The van der Waals surface area contributed by atoms with E-state index in [1.54, 1.807) is 11.8 Å². The first kappa shape index (κ1) is 9.94. The molecule has 0 atom stereocenters. The molecule has 0 N–H and O–H groups in total. The van der Waals surface area contributed by atoms with Gasteiger partial charge in [0.15, 0.2) is 0 Å². The molecule has 0 heterocycles. The zero-order valence-electron chi connectivity index (χ0n) is 7.82. The van der Waals surface area contributed by atoms with Crippen molar-refractivity contribution in [1.29, 1.82) is 5.26 Å². The molecule has 1 aromatic carbocycles. The summed E-state index contributed by atoms with van der Waals surface area (Å²) < 4.78 is 0. The Bertz CT molecular complexity index is 317. The second-order valence-electron chi connectivity index (χ2n) is 2.72. The van der Waals surface area contributed by atoms with Gasteiger partial charge < -0.3 is 4.90 Å². The van der Waals surface area contributed by atoms with Crippen LogP contribution in [0.1, 0.15) is 0 Å². The summed E-state index contributed by atoms with van der Waals surface area (Å²) in [5.74, 6) is 0. The Morgan fingerprint density at radius 2 is 2.31 bits per heavy atom. The number of anilines is 1. The van der Waals surface area contributed by atoms with E-state index in [0.29, 0.717) is 6.54 Å². The third-order valence-electron chi connectivity index (χ3n) is 1.80. The first-order chi connectivity index (χ1) is 6.27. The normalized spacial score (nSPS) is 9.31. The van der Waals surface area contributed by atoms with Crippen LogP contribution in [-0.2, 0) is 0 Å². The minimum atomic E-state index is 0.428. The molecule has 0 saturated heterocycles. The van der Waals surface area contributed by atoms with E-state index in [2.05, 4.69) is 18.2 Å². The van der Waals surface area contributed by atoms with Crippen LogP contribution in [0.4, 0.5) is 5.69 Å². The van der Waals surface area contributed by atoms with Crippen molar-refractivity contribution in [3.8, 4) is 6.07 Å². The Balaban J connectivity index is 2.83. The molecule has 0 aromatic heterocycles.